The number of benzene rings is 1. The third-order valence-corrected chi connectivity index (χ3v) is 6.62. The predicted molar refractivity (Wildman–Crippen MR) is 117 cm³/mol. The van der Waals surface area contributed by atoms with E-state index in [4.69, 9.17) is 16.6 Å². The quantitative estimate of drug-likeness (QED) is 0.472. The number of likely N-dealkylation sites (tertiary alicyclic amines) is 1. The number of aryl methyl sites for hydroxylation is 1. The van der Waals surface area contributed by atoms with Gasteiger partial charge in [0.2, 0.25) is 0 Å². The summed E-state index contributed by atoms with van der Waals surface area (Å²) in [5.41, 5.74) is 3.85. The molecule has 3 aromatic heterocycles. The van der Waals surface area contributed by atoms with Crippen LogP contribution >= 0.6 is 22.9 Å². The molecule has 0 unspecified atom stereocenters. The maximum atomic E-state index is 13.2. The van der Waals surface area contributed by atoms with Gasteiger partial charge in [-0.15, -0.1) is 11.3 Å². The van der Waals surface area contributed by atoms with Crippen LogP contribution in [0.1, 0.15) is 22.5 Å². The van der Waals surface area contributed by atoms with Gasteiger partial charge in [-0.05, 0) is 31.0 Å². The molecule has 7 nitrogen and oxygen atoms in total. The predicted octanol–water partition coefficient (Wildman–Crippen LogP) is 3.92. The Labute approximate surface area is 181 Å². The third kappa shape index (κ3) is 3.27. The summed E-state index contributed by atoms with van der Waals surface area (Å²) in [5.74, 6) is -0.195. The summed E-state index contributed by atoms with van der Waals surface area (Å²) in [6, 6.07) is 9.50. The van der Waals surface area contributed by atoms with Crippen LogP contribution in [0.25, 0.3) is 32.0 Å². The van der Waals surface area contributed by atoms with E-state index in [1.165, 1.54) is 11.3 Å². The zero-order chi connectivity index (χ0) is 20.8. The van der Waals surface area contributed by atoms with Crippen molar-refractivity contribution in [3.63, 3.8) is 0 Å². The van der Waals surface area contributed by atoms with Gasteiger partial charge in [-0.25, -0.2) is 9.97 Å². The van der Waals surface area contributed by atoms with Gasteiger partial charge in [0, 0.05) is 30.2 Å². The number of amides is 1. The van der Waals surface area contributed by atoms with Gasteiger partial charge < -0.3 is 10.0 Å². The fourth-order valence-electron chi connectivity index (χ4n) is 3.70. The lowest BCUT2D eigenvalue weighted by molar-refractivity contribution is 0.0761. The van der Waals surface area contributed by atoms with E-state index in [9.17, 15) is 9.90 Å². The minimum atomic E-state index is -0.493. The molecular weight excluding hydrogens is 422 g/mol. The van der Waals surface area contributed by atoms with E-state index in [0.717, 1.165) is 32.6 Å². The number of thiazole rings is 1. The lowest BCUT2D eigenvalue weighted by Crippen LogP contribution is -2.30. The highest BCUT2D eigenvalue weighted by Crippen LogP contribution is 2.38. The number of carbonyl (C=O) groups is 1. The average molecular weight is 440 g/mol. The highest BCUT2D eigenvalue weighted by atomic mass is 35.5. The van der Waals surface area contributed by atoms with Crippen molar-refractivity contribution >= 4 is 39.7 Å². The van der Waals surface area contributed by atoms with Gasteiger partial charge in [0.05, 0.1) is 16.5 Å². The Morgan fingerprint density at radius 3 is 2.93 bits per heavy atom. The van der Waals surface area contributed by atoms with Gasteiger partial charge in [-0.3, -0.25) is 9.89 Å². The number of H-pyrrole nitrogens is 1. The van der Waals surface area contributed by atoms with Gasteiger partial charge in [0.1, 0.15) is 21.5 Å². The smallest absolute Gasteiger partial charge is 0.274 e. The monoisotopic (exact) mass is 439 g/mol. The van der Waals surface area contributed by atoms with Crippen LogP contribution in [0, 0.1) is 6.92 Å². The number of aliphatic hydroxyl groups excluding tert-OH is 1. The van der Waals surface area contributed by atoms with Gasteiger partial charge >= 0.3 is 0 Å². The number of hydrogen-bond donors (Lipinski definition) is 2. The zero-order valence-electron chi connectivity index (χ0n) is 16.1. The van der Waals surface area contributed by atoms with Crippen LogP contribution in [0.3, 0.4) is 0 Å². The van der Waals surface area contributed by atoms with Crippen LogP contribution in [-0.4, -0.2) is 55.3 Å². The number of pyridine rings is 1. The number of aromatic amines is 1. The maximum Gasteiger partial charge on any atom is 0.274 e. The number of para-hydroxylation sites is 1. The summed E-state index contributed by atoms with van der Waals surface area (Å²) in [4.78, 5) is 24.5. The lowest BCUT2D eigenvalue weighted by Gasteiger charge is -2.14. The molecule has 0 spiro atoms. The molecule has 0 radical (unpaired) electrons. The number of nitrogens with one attached hydrogen (secondary N) is 1. The van der Waals surface area contributed by atoms with Crippen molar-refractivity contribution in [3.05, 3.63) is 52.9 Å². The Morgan fingerprint density at radius 1 is 1.33 bits per heavy atom. The molecule has 4 heterocycles. The van der Waals surface area contributed by atoms with Crippen molar-refractivity contribution in [3.8, 4) is 21.1 Å². The molecule has 4 aromatic rings. The van der Waals surface area contributed by atoms with Crippen LogP contribution in [0.2, 0.25) is 5.15 Å². The van der Waals surface area contributed by atoms with E-state index in [1.807, 2.05) is 31.2 Å². The van der Waals surface area contributed by atoms with Crippen LogP contribution in [0.15, 0.2) is 36.5 Å². The van der Waals surface area contributed by atoms with E-state index in [1.54, 1.807) is 17.2 Å². The topological polar surface area (TPSA) is 95.0 Å². The first-order valence-corrected chi connectivity index (χ1v) is 10.7. The number of carbonyl (C=O) groups excluding carboxylic acids is 1. The molecule has 5 rings (SSSR count). The number of rotatable bonds is 3. The van der Waals surface area contributed by atoms with E-state index in [0.29, 0.717) is 35.4 Å². The van der Waals surface area contributed by atoms with E-state index in [2.05, 4.69) is 15.2 Å². The highest BCUT2D eigenvalue weighted by Gasteiger charge is 2.30. The first kappa shape index (κ1) is 19.2. The molecule has 1 aliphatic heterocycles. The van der Waals surface area contributed by atoms with Crippen LogP contribution < -0.4 is 0 Å². The number of nitrogens with zero attached hydrogens (tertiary/aromatic N) is 4. The van der Waals surface area contributed by atoms with Gasteiger partial charge in [-0.1, -0.05) is 29.8 Å². The largest absolute Gasteiger partial charge is 0.391 e. The van der Waals surface area contributed by atoms with Gasteiger partial charge in [0.15, 0.2) is 0 Å². The first-order valence-electron chi connectivity index (χ1n) is 9.55. The molecule has 1 aromatic carbocycles. The van der Waals surface area contributed by atoms with Crippen molar-refractivity contribution in [2.24, 2.45) is 0 Å². The molecule has 0 bridgehead atoms. The molecule has 1 saturated heterocycles. The number of aliphatic hydroxyl groups is 1. The molecule has 9 heteroatoms. The van der Waals surface area contributed by atoms with E-state index in [-0.39, 0.29) is 5.91 Å². The fraction of sp³-hybridized carbons (Fsp3) is 0.238. The van der Waals surface area contributed by atoms with Gasteiger partial charge in [-0.2, -0.15) is 5.10 Å². The van der Waals surface area contributed by atoms with Crippen molar-refractivity contribution in [2.75, 3.05) is 13.1 Å². The normalized spacial score (nSPS) is 16.5. The first-order chi connectivity index (χ1) is 14.5. The summed E-state index contributed by atoms with van der Waals surface area (Å²) in [6.07, 6.45) is 1.72. The molecule has 1 amide bonds. The Morgan fingerprint density at radius 2 is 2.20 bits per heavy atom. The molecule has 152 valence electrons. The van der Waals surface area contributed by atoms with E-state index < -0.39 is 6.10 Å². The molecule has 1 fully saturated rings. The SMILES string of the molecule is Cc1cccc2c(-c3nc(C(=O)N4CC[C@H](O)C4)c(-c4ccc(Cl)nc4)s3)[nH]nc12. The number of β-amino-alcohol motifs (C(OH)–C–C–N with tert-alkyl or cyclic N) is 1. The van der Waals surface area contributed by atoms with Crippen LogP contribution in [0.5, 0.6) is 0 Å². The summed E-state index contributed by atoms with van der Waals surface area (Å²) in [6.45, 7) is 2.83. The second-order valence-corrected chi connectivity index (χ2v) is 8.72. The van der Waals surface area contributed by atoms with Crippen molar-refractivity contribution < 1.29 is 9.90 Å². The molecule has 30 heavy (non-hydrogen) atoms. The summed E-state index contributed by atoms with van der Waals surface area (Å²) in [7, 11) is 0. The molecular formula is C21H18ClN5O2S. The molecule has 0 saturated carbocycles. The Bertz CT molecular complexity index is 1250. The second kappa shape index (κ2) is 7.46. The van der Waals surface area contributed by atoms with Gasteiger partial charge in [0.25, 0.3) is 5.91 Å². The molecule has 2 N–H and O–H groups in total. The maximum absolute atomic E-state index is 13.2. The average Bonchev–Trinajstić information content (AvgIpc) is 3.46. The van der Waals surface area contributed by atoms with Crippen molar-refractivity contribution in [1.82, 2.24) is 25.1 Å². The number of hydrogen-bond acceptors (Lipinski definition) is 6. The molecule has 1 atom stereocenters. The van der Waals surface area contributed by atoms with Crippen LogP contribution in [0.4, 0.5) is 0 Å². The number of aromatic nitrogens is 4. The van der Waals surface area contributed by atoms with Crippen molar-refractivity contribution in [1.29, 1.82) is 0 Å². The lowest BCUT2D eigenvalue weighted by atomic mass is 10.1. The third-order valence-electron chi connectivity index (χ3n) is 5.27. The summed E-state index contributed by atoms with van der Waals surface area (Å²) >= 11 is 7.36. The summed E-state index contributed by atoms with van der Waals surface area (Å²) < 4.78 is 0. The zero-order valence-corrected chi connectivity index (χ0v) is 17.7. The summed E-state index contributed by atoms with van der Waals surface area (Å²) in [5, 5.41) is 19.4. The fourth-order valence-corrected chi connectivity index (χ4v) is 4.87. The second-order valence-electron chi connectivity index (χ2n) is 7.33. The minimum absolute atomic E-state index is 0.195. The standard InChI is InChI=1S/C21H18ClN5O2S/c1-11-3-2-4-14-16(11)25-26-17(14)20-24-18(21(29)27-8-7-13(28)10-27)19(30-20)12-5-6-15(22)23-9-12/h2-6,9,13,28H,7-8,10H2,1H3,(H,25,26)/t13-/m0/s1. The van der Waals surface area contributed by atoms with E-state index >= 15 is 0 Å². The Balaban J connectivity index is 1.65. The van der Waals surface area contributed by atoms with Crippen molar-refractivity contribution in [2.45, 2.75) is 19.4 Å². The highest BCUT2D eigenvalue weighted by molar-refractivity contribution is 7.18. The Hall–Kier alpha value is -2.81. The Kier molecular flexibility index (Phi) is 4.77. The number of halogens is 1. The number of fused-ring (bicyclic) bond motifs is 1. The molecule has 1 aliphatic rings. The van der Waals surface area contributed by atoms with Crippen LogP contribution in [-0.2, 0) is 0 Å². The minimum Gasteiger partial charge on any atom is -0.391 e. The molecule has 0 aliphatic carbocycles.